The van der Waals surface area contributed by atoms with Crippen LogP contribution in [0.4, 0.5) is 5.69 Å². The summed E-state index contributed by atoms with van der Waals surface area (Å²) >= 11 is 0. The van der Waals surface area contributed by atoms with Crippen molar-refractivity contribution in [3.05, 3.63) is 28.8 Å². The van der Waals surface area contributed by atoms with Crippen molar-refractivity contribution < 1.29 is 0 Å². The van der Waals surface area contributed by atoms with Crippen LogP contribution in [0.15, 0.2) is 12.1 Å². The Morgan fingerprint density at radius 2 is 1.93 bits per heavy atom. The second-order valence-electron chi connectivity index (χ2n) is 4.03. The molecule has 0 saturated carbocycles. The fraction of sp³-hybridized carbons (Fsp3) is 0.500. The van der Waals surface area contributed by atoms with Gasteiger partial charge in [0.2, 0.25) is 0 Å². The molecule has 2 nitrogen and oxygen atoms in total. The minimum Gasteiger partial charge on any atom is -0.398 e. The SMILES string of the molecule is Cc1cc(C(C)CCN)cc(N)c1C. The van der Waals surface area contributed by atoms with Crippen LogP contribution in [-0.2, 0) is 0 Å². The van der Waals surface area contributed by atoms with Crippen molar-refractivity contribution in [2.24, 2.45) is 5.73 Å². The van der Waals surface area contributed by atoms with E-state index in [0.717, 1.165) is 18.7 Å². The summed E-state index contributed by atoms with van der Waals surface area (Å²) in [6, 6.07) is 4.29. The van der Waals surface area contributed by atoms with Crippen LogP contribution in [0.25, 0.3) is 0 Å². The predicted molar refractivity (Wildman–Crippen MR) is 62.4 cm³/mol. The molecule has 0 amide bonds. The zero-order valence-electron chi connectivity index (χ0n) is 9.30. The molecule has 1 aromatic rings. The van der Waals surface area contributed by atoms with Crippen LogP contribution in [0.1, 0.15) is 36.0 Å². The van der Waals surface area contributed by atoms with Crippen LogP contribution in [0.2, 0.25) is 0 Å². The summed E-state index contributed by atoms with van der Waals surface area (Å²) in [6.07, 6.45) is 1.02. The fourth-order valence-electron chi connectivity index (χ4n) is 1.62. The van der Waals surface area contributed by atoms with Gasteiger partial charge in [0.15, 0.2) is 0 Å². The van der Waals surface area contributed by atoms with Crippen molar-refractivity contribution in [3.63, 3.8) is 0 Å². The third-order valence-electron chi connectivity index (χ3n) is 2.90. The summed E-state index contributed by atoms with van der Waals surface area (Å²) in [5, 5.41) is 0. The summed E-state index contributed by atoms with van der Waals surface area (Å²) in [6.45, 7) is 7.08. The first-order valence-corrected chi connectivity index (χ1v) is 5.13. The van der Waals surface area contributed by atoms with Crippen molar-refractivity contribution in [1.82, 2.24) is 0 Å². The molecule has 1 atom stereocenters. The molecular weight excluding hydrogens is 172 g/mol. The highest BCUT2D eigenvalue weighted by molar-refractivity contribution is 5.53. The average Bonchev–Trinajstić information content (AvgIpc) is 2.13. The third-order valence-corrected chi connectivity index (χ3v) is 2.90. The second-order valence-corrected chi connectivity index (χ2v) is 4.03. The maximum atomic E-state index is 5.92. The Kier molecular flexibility index (Phi) is 3.53. The van der Waals surface area contributed by atoms with Gasteiger partial charge in [0.05, 0.1) is 0 Å². The maximum Gasteiger partial charge on any atom is 0.0349 e. The quantitative estimate of drug-likeness (QED) is 0.722. The Morgan fingerprint density at radius 3 is 2.43 bits per heavy atom. The summed E-state index contributed by atoms with van der Waals surface area (Å²) in [5.41, 5.74) is 16.1. The van der Waals surface area contributed by atoms with Crippen LogP contribution < -0.4 is 11.5 Å². The Bertz CT molecular complexity index is 295. The van der Waals surface area contributed by atoms with Gasteiger partial charge in [0, 0.05) is 5.69 Å². The van der Waals surface area contributed by atoms with Crippen LogP contribution >= 0.6 is 0 Å². The highest BCUT2D eigenvalue weighted by Gasteiger charge is 2.07. The number of hydrogen-bond acceptors (Lipinski definition) is 2. The molecule has 0 aliphatic carbocycles. The lowest BCUT2D eigenvalue weighted by atomic mass is 9.93. The largest absolute Gasteiger partial charge is 0.398 e. The van der Waals surface area contributed by atoms with Crippen molar-refractivity contribution in [3.8, 4) is 0 Å². The number of hydrogen-bond donors (Lipinski definition) is 2. The number of nitrogens with two attached hydrogens (primary N) is 2. The second kappa shape index (κ2) is 4.47. The molecule has 0 heterocycles. The topological polar surface area (TPSA) is 52.0 Å². The van der Waals surface area contributed by atoms with E-state index in [4.69, 9.17) is 11.5 Å². The standard InChI is InChI=1S/C12H20N2/c1-8(4-5-13)11-6-9(2)10(3)12(14)7-11/h6-8H,4-5,13-14H2,1-3H3. The minimum atomic E-state index is 0.501. The Labute approximate surface area is 86.3 Å². The highest BCUT2D eigenvalue weighted by atomic mass is 14.6. The molecule has 4 N–H and O–H groups in total. The van der Waals surface area contributed by atoms with Gasteiger partial charge in [0.1, 0.15) is 0 Å². The molecule has 1 rings (SSSR count). The monoisotopic (exact) mass is 192 g/mol. The molecule has 0 saturated heterocycles. The van der Waals surface area contributed by atoms with Gasteiger partial charge in [-0.05, 0) is 55.5 Å². The fourth-order valence-corrected chi connectivity index (χ4v) is 1.62. The molecule has 78 valence electrons. The van der Waals surface area contributed by atoms with E-state index in [1.54, 1.807) is 0 Å². The maximum absolute atomic E-state index is 5.92. The zero-order valence-corrected chi connectivity index (χ0v) is 9.30. The Hall–Kier alpha value is -1.02. The molecule has 0 bridgehead atoms. The van der Waals surface area contributed by atoms with Crippen molar-refractivity contribution in [2.45, 2.75) is 33.1 Å². The average molecular weight is 192 g/mol. The van der Waals surface area contributed by atoms with Gasteiger partial charge in [-0.15, -0.1) is 0 Å². The first kappa shape index (κ1) is 11.1. The van der Waals surface area contributed by atoms with E-state index in [-0.39, 0.29) is 0 Å². The number of benzene rings is 1. The first-order chi connectivity index (χ1) is 6.56. The number of anilines is 1. The van der Waals surface area contributed by atoms with E-state index in [9.17, 15) is 0 Å². The normalized spacial score (nSPS) is 12.9. The van der Waals surface area contributed by atoms with Gasteiger partial charge in [-0.1, -0.05) is 13.0 Å². The van der Waals surface area contributed by atoms with Crippen molar-refractivity contribution in [2.75, 3.05) is 12.3 Å². The van der Waals surface area contributed by atoms with Crippen molar-refractivity contribution in [1.29, 1.82) is 0 Å². The minimum absolute atomic E-state index is 0.501. The highest BCUT2D eigenvalue weighted by Crippen LogP contribution is 2.25. The molecule has 0 radical (unpaired) electrons. The Morgan fingerprint density at radius 1 is 1.29 bits per heavy atom. The third kappa shape index (κ3) is 2.26. The van der Waals surface area contributed by atoms with E-state index < -0.39 is 0 Å². The zero-order chi connectivity index (χ0) is 10.7. The van der Waals surface area contributed by atoms with Gasteiger partial charge in [-0.3, -0.25) is 0 Å². The summed E-state index contributed by atoms with van der Waals surface area (Å²) in [5.74, 6) is 0.501. The molecule has 14 heavy (non-hydrogen) atoms. The van der Waals surface area contributed by atoms with Crippen LogP contribution in [0.3, 0.4) is 0 Å². The van der Waals surface area contributed by atoms with E-state index in [1.807, 2.05) is 0 Å². The molecule has 0 aliphatic rings. The van der Waals surface area contributed by atoms with Gasteiger partial charge < -0.3 is 11.5 Å². The molecule has 0 aliphatic heterocycles. The number of aryl methyl sites for hydroxylation is 1. The number of nitrogen functional groups attached to an aromatic ring is 1. The lowest BCUT2D eigenvalue weighted by Gasteiger charge is -2.14. The van der Waals surface area contributed by atoms with Gasteiger partial charge in [0.25, 0.3) is 0 Å². The molecular formula is C12H20N2. The van der Waals surface area contributed by atoms with E-state index in [0.29, 0.717) is 5.92 Å². The first-order valence-electron chi connectivity index (χ1n) is 5.13. The van der Waals surface area contributed by atoms with E-state index in [2.05, 4.69) is 32.9 Å². The predicted octanol–water partition coefficient (Wildman–Crippen LogP) is 2.34. The Balaban J connectivity index is 3.00. The summed E-state index contributed by atoms with van der Waals surface area (Å²) in [4.78, 5) is 0. The van der Waals surface area contributed by atoms with Crippen LogP contribution in [0, 0.1) is 13.8 Å². The van der Waals surface area contributed by atoms with Crippen LogP contribution in [-0.4, -0.2) is 6.54 Å². The van der Waals surface area contributed by atoms with Gasteiger partial charge in [-0.25, -0.2) is 0 Å². The molecule has 2 heteroatoms. The van der Waals surface area contributed by atoms with Crippen LogP contribution in [0.5, 0.6) is 0 Å². The smallest absolute Gasteiger partial charge is 0.0349 e. The molecule has 0 aromatic heterocycles. The summed E-state index contributed by atoms with van der Waals surface area (Å²) < 4.78 is 0. The van der Waals surface area contributed by atoms with Gasteiger partial charge in [-0.2, -0.15) is 0 Å². The molecule has 1 unspecified atom stereocenters. The summed E-state index contributed by atoms with van der Waals surface area (Å²) in [7, 11) is 0. The van der Waals surface area contributed by atoms with E-state index in [1.165, 1.54) is 16.7 Å². The lowest BCUT2D eigenvalue weighted by Crippen LogP contribution is -2.06. The molecule has 1 aromatic carbocycles. The lowest BCUT2D eigenvalue weighted by molar-refractivity contribution is 0.690. The van der Waals surface area contributed by atoms with E-state index >= 15 is 0 Å². The molecule has 0 spiro atoms. The molecule has 0 fully saturated rings. The van der Waals surface area contributed by atoms with Crippen molar-refractivity contribution >= 4 is 5.69 Å². The number of rotatable bonds is 3. The van der Waals surface area contributed by atoms with Gasteiger partial charge >= 0.3 is 0 Å².